The minimum Gasteiger partial charge on any atom is -0.481 e. The van der Waals surface area contributed by atoms with Crippen LogP contribution in [0.25, 0.3) is 0 Å². The second kappa shape index (κ2) is 5.22. The third-order valence-corrected chi connectivity index (χ3v) is 2.89. The summed E-state index contributed by atoms with van der Waals surface area (Å²) in [7, 11) is 0. The van der Waals surface area contributed by atoms with Crippen molar-refractivity contribution in [3.8, 4) is 0 Å². The van der Waals surface area contributed by atoms with E-state index in [1.807, 2.05) is 0 Å². The van der Waals surface area contributed by atoms with Gasteiger partial charge in [-0.25, -0.2) is 0 Å². The monoisotopic (exact) mass is 255 g/mol. The van der Waals surface area contributed by atoms with E-state index in [2.05, 4.69) is 0 Å². The van der Waals surface area contributed by atoms with Crippen LogP contribution in [0.4, 0.5) is 13.2 Å². The quantitative estimate of drug-likeness (QED) is 0.809. The highest BCUT2D eigenvalue weighted by molar-refractivity contribution is 5.66. The summed E-state index contributed by atoms with van der Waals surface area (Å²) < 4.78 is 43.6. The molecule has 1 heterocycles. The molecule has 0 amide bonds. The Kier molecular flexibility index (Phi) is 4.37. The number of ether oxygens (including phenoxy) is 1. The molecule has 1 rings (SSSR count). The summed E-state index contributed by atoms with van der Waals surface area (Å²) in [4.78, 5) is 11.8. The number of nitrogens with zero attached hydrogens (tertiary/aromatic N) is 1. The van der Waals surface area contributed by atoms with Crippen molar-refractivity contribution in [2.24, 2.45) is 0 Å². The van der Waals surface area contributed by atoms with Crippen LogP contribution in [0.15, 0.2) is 0 Å². The zero-order valence-corrected chi connectivity index (χ0v) is 9.59. The molecule has 0 aliphatic carbocycles. The van der Waals surface area contributed by atoms with Crippen molar-refractivity contribution in [1.82, 2.24) is 4.90 Å². The Hall–Kier alpha value is -0.820. The van der Waals surface area contributed by atoms with Crippen molar-refractivity contribution in [3.63, 3.8) is 0 Å². The van der Waals surface area contributed by atoms with Gasteiger partial charge >= 0.3 is 12.1 Å². The van der Waals surface area contributed by atoms with Gasteiger partial charge in [-0.15, -0.1) is 0 Å². The summed E-state index contributed by atoms with van der Waals surface area (Å²) >= 11 is 0. The normalized spacial score (nSPS) is 26.4. The molecule has 0 bridgehead atoms. The lowest BCUT2D eigenvalue weighted by atomic mass is 10.0. The van der Waals surface area contributed by atoms with Gasteiger partial charge in [-0.3, -0.25) is 9.69 Å². The predicted molar refractivity (Wildman–Crippen MR) is 53.7 cm³/mol. The van der Waals surface area contributed by atoms with Crippen LogP contribution in [-0.2, 0) is 9.53 Å². The number of carboxylic acid groups (broad SMARTS) is 1. The molecule has 1 atom stereocenters. The van der Waals surface area contributed by atoms with Crippen LogP contribution in [0.3, 0.4) is 0 Å². The molecule has 1 saturated heterocycles. The van der Waals surface area contributed by atoms with Gasteiger partial charge in [0.15, 0.2) is 5.60 Å². The van der Waals surface area contributed by atoms with E-state index in [9.17, 15) is 18.0 Å². The minimum atomic E-state index is -4.42. The van der Waals surface area contributed by atoms with E-state index >= 15 is 0 Å². The van der Waals surface area contributed by atoms with Gasteiger partial charge in [0, 0.05) is 26.2 Å². The lowest BCUT2D eigenvalue weighted by Gasteiger charge is -2.31. The molecule has 0 aromatic heterocycles. The third kappa shape index (κ3) is 3.32. The molecule has 0 aromatic carbocycles. The van der Waals surface area contributed by atoms with Gasteiger partial charge in [-0.2, -0.15) is 13.2 Å². The van der Waals surface area contributed by atoms with Crippen molar-refractivity contribution >= 4 is 5.97 Å². The van der Waals surface area contributed by atoms with Crippen molar-refractivity contribution in [2.45, 2.75) is 31.5 Å². The highest BCUT2D eigenvalue weighted by atomic mass is 19.4. The van der Waals surface area contributed by atoms with Crippen molar-refractivity contribution in [3.05, 3.63) is 0 Å². The van der Waals surface area contributed by atoms with Crippen molar-refractivity contribution in [2.75, 3.05) is 26.2 Å². The first-order valence-corrected chi connectivity index (χ1v) is 5.45. The first-order chi connectivity index (χ1) is 7.81. The van der Waals surface area contributed by atoms with Crippen LogP contribution in [-0.4, -0.2) is 54.0 Å². The Balaban J connectivity index is 2.62. The maximum absolute atomic E-state index is 12.9. The average Bonchev–Trinajstić information content (AvgIpc) is 2.59. The summed E-state index contributed by atoms with van der Waals surface area (Å²) in [6.45, 7) is 1.57. The first-order valence-electron chi connectivity index (χ1n) is 5.45. The average molecular weight is 255 g/mol. The van der Waals surface area contributed by atoms with Crippen molar-refractivity contribution in [1.29, 1.82) is 0 Å². The van der Waals surface area contributed by atoms with Gasteiger partial charge in [0.25, 0.3) is 0 Å². The van der Waals surface area contributed by atoms with E-state index in [1.165, 1.54) is 11.8 Å². The van der Waals surface area contributed by atoms with Gasteiger partial charge in [0.2, 0.25) is 0 Å². The molecule has 100 valence electrons. The van der Waals surface area contributed by atoms with Gasteiger partial charge in [0.05, 0.1) is 6.42 Å². The van der Waals surface area contributed by atoms with Gasteiger partial charge in [-0.1, -0.05) is 0 Å². The Morgan fingerprint density at radius 2 is 2.18 bits per heavy atom. The Bertz CT molecular complexity index is 282. The molecule has 1 aliphatic rings. The number of carboxylic acids is 1. The molecule has 17 heavy (non-hydrogen) atoms. The van der Waals surface area contributed by atoms with Crippen LogP contribution < -0.4 is 0 Å². The van der Waals surface area contributed by atoms with Gasteiger partial charge in [-0.05, 0) is 13.3 Å². The highest BCUT2D eigenvalue weighted by Crippen LogP contribution is 2.40. The molecule has 7 heteroatoms. The SMILES string of the molecule is CCO[C@@]1(C(F)(F)F)CCN(CCC(=O)O)C1. The van der Waals surface area contributed by atoms with E-state index < -0.39 is 17.7 Å². The molecule has 0 spiro atoms. The summed E-state index contributed by atoms with van der Waals surface area (Å²) in [6.07, 6.45) is -4.70. The number of carbonyl (C=O) groups is 1. The maximum atomic E-state index is 12.9. The van der Waals surface area contributed by atoms with E-state index in [0.717, 1.165) is 0 Å². The number of aliphatic carboxylic acids is 1. The largest absolute Gasteiger partial charge is 0.481 e. The summed E-state index contributed by atoms with van der Waals surface area (Å²) in [6, 6.07) is 0. The standard InChI is InChI=1S/C10H16F3NO3/c1-2-17-9(10(11,12)13)4-6-14(7-9)5-3-8(15)16/h2-7H2,1H3,(H,15,16)/t9-/m0/s1. The van der Waals surface area contributed by atoms with E-state index in [0.29, 0.717) is 0 Å². The van der Waals surface area contributed by atoms with E-state index in [-0.39, 0.29) is 39.1 Å². The molecule has 1 aliphatic heterocycles. The molecule has 0 unspecified atom stereocenters. The summed E-state index contributed by atoms with van der Waals surface area (Å²) in [5, 5.41) is 8.49. The molecule has 0 radical (unpaired) electrons. The second-order valence-corrected chi connectivity index (χ2v) is 4.09. The second-order valence-electron chi connectivity index (χ2n) is 4.09. The smallest absolute Gasteiger partial charge is 0.418 e. The van der Waals surface area contributed by atoms with Gasteiger partial charge < -0.3 is 9.84 Å². The number of alkyl halides is 3. The lowest BCUT2D eigenvalue weighted by molar-refractivity contribution is -0.270. The van der Waals surface area contributed by atoms with Crippen LogP contribution in [0.2, 0.25) is 0 Å². The molecule has 0 aromatic rings. The number of hydrogen-bond acceptors (Lipinski definition) is 3. The van der Waals surface area contributed by atoms with E-state index in [4.69, 9.17) is 9.84 Å². The van der Waals surface area contributed by atoms with Gasteiger partial charge in [0.1, 0.15) is 0 Å². The predicted octanol–water partition coefficient (Wildman–Crippen LogP) is 1.50. The Morgan fingerprint density at radius 3 is 2.65 bits per heavy atom. The zero-order chi connectivity index (χ0) is 13.1. The highest BCUT2D eigenvalue weighted by Gasteiger charge is 2.58. The molecule has 1 fully saturated rings. The van der Waals surface area contributed by atoms with Crippen LogP contribution in [0.5, 0.6) is 0 Å². The summed E-state index contributed by atoms with van der Waals surface area (Å²) in [5.41, 5.74) is -2.12. The number of halogens is 3. The molecule has 4 nitrogen and oxygen atoms in total. The molecular weight excluding hydrogens is 239 g/mol. The minimum absolute atomic E-state index is 0.00766. The lowest BCUT2D eigenvalue weighted by Crippen LogP contribution is -2.50. The fourth-order valence-electron chi connectivity index (χ4n) is 2.01. The van der Waals surface area contributed by atoms with Crippen LogP contribution in [0, 0.1) is 0 Å². The topological polar surface area (TPSA) is 49.8 Å². The van der Waals surface area contributed by atoms with Crippen LogP contribution >= 0.6 is 0 Å². The Labute approximate surface area is 97.3 Å². The van der Waals surface area contributed by atoms with Crippen LogP contribution in [0.1, 0.15) is 19.8 Å². The number of rotatable bonds is 5. The maximum Gasteiger partial charge on any atom is 0.418 e. The molecular formula is C10H16F3NO3. The fraction of sp³-hybridized carbons (Fsp3) is 0.900. The number of hydrogen-bond donors (Lipinski definition) is 1. The Morgan fingerprint density at radius 1 is 1.53 bits per heavy atom. The third-order valence-electron chi connectivity index (χ3n) is 2.89. The molecule has 0 saturated carbocycles. The van der Waals surface area contributed by atoms with Crippen molar-refractivity contribution < 1.29 is 27.8 Å². The molecule has 1 N–H and O–H groups in total. The first kappa shape index (κ1) is 14.2. The van der Waals surface area contributed by atoms with E-state index in [1.54, 1.807) is 0 Å². The summed E-state index contributed by atoms with van der Waals surface area (Å²) in [5.74, 6) is -1.01. The zero-order valence-electron chi connectivity index (χ0n) is 9.59. The fourth-order valence-corrected chi connectivity index (χ4v) is 2.01. The number of likely N-dealkylation sites (tertiary alicyclic amines) is 1.